The Bertz CT molecular complexity index is 1130. The van der Waals surface area contributed by atoms with Crippen molar-refractivity contribution in [2.75, 3.05) is 63.2 Å². The molecule has 194 valence electrons. The highest BCUT2D eigenvalue weighted by atomic mass is 19.1. The average Bonchev–Trinajstić information content (AvgIpc) is 2.85. The van der Waals surface area contributed by atoms with Gasteiger partial charge in [0.1, 0.15) is 23.4 Å². The van der Waals surface area contributed by atoms with Gasteiger partial charge in [-0.15, -0.1) is 0 Å². The lowest BCUT2D eigenvalue weighted by Gasteiger charge is -2.38. The maximum absolute atomic E-state index is 15.0. The Labute approximate surface area is 211 Å². The van der Waals surface area contributed by atoms with Gasteiger partial charge in [0.2, 0.25) is 5.91 Å². The van der Waals surface area contributed by atoms with Crippen molar-refractivity contribution in [2.24, 2.45) is 0 Å². The molecular formula is C26H35FN6O3. The number of aryl methyl sites for hydroxylation is 1. The number of fused-ring (bicyclic) bond motifs is 1. The molecule has 1 N–H and O–H groups in total. The molecule has 1 aromatic carbocycles. The van der Waals surface area contributed by atoms with Gasteiger partial charge in [0, 0.05) is 44.8 Å². The first-order chi connectivity index (χ1) is 17.2. The molecule has 2 aliphatic heterocycles. The van der Waals surface area contributed by atoms with Crippen molar-refractivity contribution in [2.45, 2.75) is 32.9 Å². The van der Waals surface area contributed by atoms with Crippen LogP contribution < -0.4 is 14.5 Å². The zero-order valence-electron chi connectivity index (χ0n) is 21.5. The number of nitrogens with zero attached hydrogens (tertiary/aromatic N) is 6. The fraction of sp³-hybridized carbons (Fsp3) is 0.500. The SMILES string of the molecule is C=CC(=O)N1CCN(c2nc(OC(C)CN(C)C)nc3c2CCN(c2c(O)ccc(C)c2F)C3)CC1. The van der Waals surface area contributed by atoms with E-state index in [-0.39, 0.29) is 29.5 Å². The van der Waals surface area contributed by atoms with E-state index < -0.39 is 5.82 Å². The molecule has 0 saturated carbocycles. The van der Waals surface area contributed by atoms with Gasteiger partial charge < -0.3 is 29.4 Å². The lowest BCUT2D eigenvalue weighted by Crippen LogP contribution is -2.49. The number of halogens is 1. The molecule has 1 aromatic heterocycles. The fourth-order valence-electron chi connectivity index (χ4n) is 4.85. The third kappa shape index (κ3) is 5.38. The number of benzene rings is 1. The van der Waals surface area contributed by atoms with Crippen LogP contribution in [0.25, 0.3) is 0 Å². The fourth-order valence-corrected chi connectivity index (χ4v) is 4.85. The van der Waals surface area contributed by atoms with Crippen molar-refractivity contribution in [3.63, 3.8) is 0 Å². The molecule has 2 aliphatic rings. The molecule has 2 aromatic rings. The summed E-state index contributed by atoms with van der Waals surface area (Å²) in [6.45, 7) is 11.2. The highest BCUT2D eigenvalue weighted by molar-refractivity contribution is 5.87. The second-order valence-corrected chi connectivity index (χ2v) is 9.70. The van der Waals surface area contributed by atoms with Crippen LogP contribution in [-0.2, 0) is 17.8 Å². The van der Waals surface area contributed by atoms with Gasteiger partial charge >= 0.3 is 6.01 Å². The summed E-state index contributed by atoms with van der Waals surface area (Å²) in [5.74, 6) is 0.213. The molecule has 10 heteroatoms. The molecule has 9 nitrogen and oxygen atoms in total. The molecule has 1 amide bonds. The smallest absolute Gasteiger partial charge is 0.318 e. The van der Waals surface area contributed by atoms with Gasteiger partial charge in [0.25, 0.3) is 0 Å². The number of anilines is 2. The minimum Gasteiger partial charge on any atom is -0.506 e. The van der Waals surface area contributed by atoms with Crippen molar-refractivity contribution >= 4 is 17.4 Å². The molecule has 0 radical (unpaired) electrons. The Kier molecular flexibility index (Phi) is 7.63. The quantitative estimate of drug-likeness (QED) is 0.583. The van der Waals surface area contributed by atoms with Crippen LogP contribution in [0.2, 0.25) is 0 Å². The number of aromatic nitrogens is 2. The maximum Gasteiger partial charge on any atom is 0.318 e. The summed E-state index contributed by atoms with van der Waals surface area (Å²) in [4.78, 5) is 29.4. The van der Waals surface area contributed by atoms with Crippen molar-refractivity contribution in [3.05, 3.63) is 47.4 Å². The minimum atomic E-state index is -0.424. The molecule has 1 fully saturated rings. The van der Waals surface area contributed by atoms with E-state index >= 15 is 0 Å². The van der Waals surface area contributed by atoms with E-state index in [1.807, 2.05) is 30.8 Å². The molecule has 3 heterocycles. The average molecular weight is 499 g/mol. The van der Waals surface area contributed by atoms with Gasteiger partial charge in [-0.05, 0) is 52.1 Å². The van der Waals surface area contributed by atoms with Crippen molar-refractivity contribution < 1.29 is 19.0 Å². The molecule has 1 unspecified atom stereocenters. The molecule has 1 atom stereocenters. The first-order valence-corrected chi connectivity index (χ1v) is 12.3. The summed E-state index contributed by atoms with van der Waals surface area (Å²) < 4.78 is 21.1. The van der Waals surface area contributed by atoms with Crippen LogP contribution in [0.3, 0.4) is 0 Å². The molecule has 0 bridgehead atoms. The number of hydrogen-bond donors (Lipinski definition) is 1. The number of phenols is 1. The highest BCUT2D eigenvalue weighted by Gasteiger charge is 2.30. The summed E-state index contributed by atoms with van der Waals surface area (Å²) in [6, 6.07) is 3.37. The van der Waals surface area contributed by atoms with Gasteiger partial charge in [-0.1, -0.05) is 12.6 Å². The lowest BCUT2D eigenvalue weighted by atomic mass is 10.0. The van der Waals surface area contributed by atoms with Crippen LogP contribution in [0.4, 0.5) is 15.9 Å². The van der Waals surface area contributed by atoms with Crippen LogP contribution in [0.15, 0.2) is 24.8 Å². The van der Waals surface area contributed by atoms with Crippen LogP contribution in [0.5, 0.6) is 11.8 Å². The van der Waals surface area contributed by atoms with Gasteiger partial charge in [-0.25, -0.2) is 4.39 Å². The monoisotopic (exact) mass is 498 g/mol. The zero-order chi connectivity index (χ0) is 26.0. The third-order valence-corrected chi connectivity index (χ3v) is 6.62. The van der Waals surface area contributed by atoms with Gasteiger partial charge in [0.05, 0.1) is 12.2 Å². The first-order valence-electron chi connectivity index (χ1n) is 12.3. The number of piperazine rings is 1. The Morgan fingerprint density at radius 1 is 1.22 bits per heavy atom. The van der Waals surface area contributed by atoms with Crippen LogP contribution in [0, 0.1) is 12.7 Å². The zero-order valence-corrected chi connectivity index (χ0v) is 21.5. The van der Waals surface area contributed by atoms with E-state index in [9.17, 15) is 14.3 Å². The summed E-state index contributed by atoms with van der Waals surface area (Å²) in [5, 5.41) is 10.4. The summed E-state index contributed by atoms with van der Waals surface area (Å²) in [5.41, 5.74) is 2.42. The van der Waals surface area contributed by atoms with E-state index in [4.69, 9.17) is 14.7 Å². The number of carbonyl (C=O) groups excluding carboxylic acids is 1. The van der Waals surface area contributed by atoms with Crippen molar-refractivity contribution in [1.29, 1.82) is 0 Å². The van der Waals surface area contributed by atoms with Gasteiger partial charge in [-0.2, -0.15) is 9.97 Å². The summed E-state index contributed by atoms with van der Waals surface area (Å²) in [7, 11) is 3.95. The molecular weight excluding hydrogens is 463 g/mol. The number of ether oxygens (including phenoxy) is 1. The first kappa shape index (κ1) is 25.7. The van der Waals surface area contributed by atoms with Crippen molar-refractivity contribution in [3.8, 4) is 11.8 Å². The topological polar surface area (TPSA) is 85.3 Å². The Hall–Kier alpha value is -3.40. The number of amides is 1. The standard InChI is InChI=1S/C26H35FN6O3/c1-6-22(35)31-11-13-32(14-12-31)25-19-9-10-33(24-21(34)8-7-17(2)23(24)27)16-20(19)28-26(29-25)36-18(3)15-30(4)5/h6-8,18,34H,1,9-16H2,2-5H3. The normalized spacial score (nSPS) is 16.7. The van der Waals surface area contributed by atoms with Crippen LogP contribution >= 0.6 is 0 Å². The highest BCUT2D eigenvalue weighted by Crippen LogP contribution is 2.37. The second kappa shape index (κ2) is 10.7. The third-order valence-electron chi connectivity index (χ3n) is 6.62. The molecule has 0 spiro atoms. The predicted molar refractivity (Wildman–Crippen MR) is 137 cm³/mol. The van der Waals surface area contributed by atoms with Gasteiger partial charge in [-0.3, -0.25) is 4.79 Å². The lowest BCUT2D eigenvalue weighted by molar-refractivity contribution is -0.126. The van der Waals surface area contributed by atoms with Crippen LogP contribution in [-0.4, -0.2) is 90.2 Å². The number of aromatic hydroxyl groups is 1. The van der Waals surface area contributed by atoms with E-state index in [0.29, 0.717) is 57.8 Å². The second-order valence-electron chi connectivity index (χ2n) is 9.70. The number of phenolic OH excluding ortho intramolecular Hbond substituents is 1. The largest absolute Gasteiger partial charge is 0.506 e. The Balaban J connectivity index is 1.66. The van der Waals surface area contributed by atoms with Crippen molar-refractivity contribution in [1.82, 2.24) is 19.8 Å². The molecule has 1 saturated heterocycles. The maximum atomic E-state index is 15.0. The van der Waals surface area contributed by atoms with Crippen LogP contribution in [0.1, 0.15) is 23.7 Å². The number of hydrogen-bond acceptors (Lipinski definition) is 8. The summed E-state index contributed by atoms with van der Waals surface area (Å²) in [6.07, 6.45) is 1.80. The summed E-state index contributed by atoms with van der Waals surface area (Å²) >= 11 is 0. The minimum absolute atomic E-state index is 0.0727. The molecule has 4 rings (SSSR count). The molecule has 0 aliphatic carbocycles. The Morgan fingerprint density at radius 3 is 2.61 bits per heavy atom. The number of carbonyl (C=O) groups is 1. The molecule has 36 heavy (non-hydrogen) atoms. The van der Waals surface area contributed by atoms with E-state index in [1.165, 1.54) is 12.1 Å². The van der Waals surface area contributed by atoms with Gasteiger partial charge in [0.15, 0.2) is 5.82 Å². The van der Waals surface area contributed by atoms with E-state index in [0.717, 1.165) is 17.1 Å². The predicted octanol–water partition coefficient (Wildman–Crippen LogP) is 2.36. The van der Waals surface area contributed by atoms with E-state index in [1.54, 1.807) is 17.9 Å². The number of likely N-dealkylation sites (N-methyl/N-ethyl adjacent to an activating group) is 1. The van der Waals surface area contributed by atoms with E-state index in [2.05, 4.69) is 11.5 Å². The number of rotatable bonds is 7. The Morgan fingerprint density at radius 2 is 1.94 bits per heavy atom.